The van der Waals surface area contributed by atoms with Crippen LogP contribution in [0, 0.1) is 0 Å². The molecule has 0 unspecified atom stereocenters. The van der Waals surface area contributed by atoms with Crippen LogP contribution in [0.1, 0.15) is 5.56 Å². The van der Waals surface area contributed by atoms with Crippen molar-refractivity contribution in [2.24, 2.45) is 0 Å². The molecule has 0 spiro atoms. The summed E-state index contributed by atoms with van der Waals surface area (Å²) in [6.45, 7) is 1.02. The van der Waals surface area contributed by atoms with E-state index < -0.39 is 5.91 Å². The summed E-state index contributed by atoms with van der Waals surface area (Å²) in [6.07, 6.45) is 4.31. The summed E-state index contributed by atoms with van der Waals surface area (Å²) in [6, 6.07) is 11.1. The van der Waals surface area contributed by atoms with Crippen molar-refractivity contribution in [3.8, 4) is 11.5 Å². The van der Waals surface area contributed by atoms with E-state index in [9.17, 15) is 4.79 Å². The molecule has 1 aliphatic heterocycles. The quantitative estimate of drug-likeness (QED) is 0.371. The second kappa shape index (κ2) is 7.30. The second-order valence-electron chi connectivity index (χ2n) is 5.80. The average Bonchev–Trinajstić information content (AvgIpc) is 2.71. The Bertz CT molecular complexity index is 1040. The highest BCUT2D eigenvalue weighted by atomic mass is 16.6. The first-order valence-electron chi connectivity index (χ1n) is 8.26. The minimum Gasteiger partial charge on any atom is -0.486 e. The standard InChI is InChI=1S/C19H16N4O4/c24-18(23-25)5-4-12-2-1-3-13(8-12)22-19-14-9-16-17(27-7-6-26-16)10-15(14)20-11-21-19/h1-5,8-11,25H,6-7H2,(H,23,24)(H,20,21,22)/b5-4+. The van der Waals surface area contributed by atoms with Crippen molar-refractivity contribution in [3.05, 3.63) is 54.4 Å². The van der Waals surface area contributed by atoms with Crippen LogP contribution in [0.25, 0.3) is 17.0 Å². The molecule has 8 heteroatoms. The number of carbonyl (C=O) groups is 1. The van der Waals surface area contributed by atoms with Gasteiger partial charge in [-0.3, -0.25) is 10.0 Å². The van der Waals surface area contributed by atoms with E-state index in [2.05, 4.69) is 15.3 Å². The van der Waals surface area contributed by atoms with Crippen molar-refractivity contribution >= 4 is 34.4 Å². The van der Waals surface area contributed by atoms with Crippen molar-refractivity contribution in [3.63, 3.8) is 0 Å². The third-order valence-electron chi connectivity index (χ3n) is 3.99. The Hall–Kier alpha value is -3.65. The van der Waals surface area contributed by atoms with Gasteiger partial charge in [-0.05, 0) is 29.8 Å². The lowest BCUT2D eigenvalue weighted by Crippen LogP contribution is -2.15. The van der Waals surface area contributed by atoms with Crippen LogP contribution in [0.2, 0.25) is 0 Å². The van der Waals surface area contributed by atoms with Crippen molar-refractivity contribution in [2.45, 2.75) is 0 Å². The fraction of sp³-hybridized carbons (Fsp3) is 0.105. The number of amides is 1. The van der Waals surface area contributed by atoms with E-state index in [1.165, 1.54) is 12.4 Å². The second-order valence-corrected chi connectivity index (χ2v) is 5.80. The highest BCUT2D eigenvalue weighted by molar-refractivity contribution is 5.93. The molecule has 0 fully saturated rings. The number of rotatable bonds is 4. The van der Waals surface area contributed by atoms with Gasteiger partial charge in [0, 0.05) is 23.2 Å². The number of ether oxygens (including phenoxy) is 2. The molecule has 0 saturated carbocycles. The third-order valence-corrected chi connectivity index (χ3v) is 3.99. The number of aromatic nitrogens is 2. The first-order valence-corrected chi connectivity index (χ1v) is 8.26. The van der Waals surface area contributed by atoms with Crippen molar-refractivity contribution in [2.75, 3.05) is 18.5 Å². The number of hydroxylamine groups is 1. The fourth-order valence-electron chi connectivity index (χ4n) is 2.76. The smallest absolute Gasteiger partial charge is 0.267 e. The van der Waals surface area contributed by atoms with Crippen LogP contribution in [0.15, 0.2) is 48.8 Å². The number of nitrogens with zero attached hydrogens (tertiary/aromatic N) is 2. The topological polar surface area (TPSA) is 106 Å². The van der Waals surface area contributed by atoms with Crippen molar-refractivity contribution < 1.29 is 19.5 Å². The molecule has 0 saturated heterocycles. The summed E-state index contributed by atoms with van der Waals surface area (Å²) in [7, 11) is 0. The molecule has 136 valence electrons. The normalized spacial score (nSPS) is 12.9. The van der Waals surface area contributed by atoms with E-state index in [0.717, 1.165) is 22.2 Å². The maximum Gasteiger partial charge on any atom is 0.267 e. The van der Waals surface area contributed by atoms with Gasteiger partial charge in [0.25, 0.3) is 5.91 Å². The minimum atomic E-state index is -0.595. The van der Waals surface area contributed by atoms with Gasteiger partial charge < -0.3 is 14.8 Å². The highest BCUT2D eigenvalue weighted by Gasteiger charge is 2.15. The van der Waals surface area contributed by atoms with E-state index >= 15 is 0 Å². The van der Waals surface area contributed by atoms with E-state index in [1.54, 1.807) is 11.6 Å². The van der Waals surface area contributed by atoms with E-state index in [0.29, 0.717) is 30.5 Å². The lowest BCUT2D eigenvalue weighted by Gasteiger charge is -2.19. The van der Waals surface area contributed by atoms with Crippen LogP contribution < -0.4 is 20.3 Å². The maximum absolute atomic E-state index is 11.1. The molecule has 2 aromatic carbocycles. The van der Waals surface area contributed by atoms with Crippen LogP contribution in [-0.4, -0.2) is 34.3 Å². The Labute approximate surface area is 154 Å². The number of anilines is 2. The highest BCUT2D eigenvalue weighted by Crippen LogP contribution is 2.36. The predicted octanol–water partition coefficient (Wildman–Crippen LogP) is 2.66. The lowest BCUT2D eigenvalue weighted by atomic mass is 10.1. The van der Waals surface area contributed by atoms with Crippen LogP contribution >= 0.6 is 0 Å². The van der Waals surface area contributed by atoms with Crippen molar-refractivity contribution in [1.82, 2.24) is 15.4 Å². The molecule has 0 atom stereocenters. The Morgan fingerprint density at radius 1 is 1.11 bits per heavy atom. The van der Waals surface area contributed by atoms with Gasteiger partial charge in [0.2, 0.25) is 0 Å². The number of hydrogen-bond donors (Lipinski definition) is 3. The number of hydrogen-bond acceptors (Lipinski definition) is 7. The average molecular weight is 364 g/mol. The van der Waals surface area contributed by atoms with Gasteiger partial charge in [-0.2, -0.15) is 0 Å². The van der Waals surface area contributed by atoms with Gasteiger partial charge in [0.05, 0.1) is 5.52 Å². The van der Waals surface area contributed by atoms with Gasteiger partial charge in [0.15, 0.2) is 11.5 Å². The van der Waals surface area contributed by atoms with Gasteiger partial charge in [-0.25, -0.2) is 15.4 Å². The lowest BCUT2D eigenvalue weighted by molar-refractivity contribution is -0.124. The number of fused-ring (bicyclic) bond motifs is 2. The van der Waals surface area contributed by atoms with E-state index in [1.807, 2.05) is 36.4 Å². The first kappa shape index (κ1) is 16.8. The summed E-state index contributed by atoms with van der Waals surface area (Å²) in [4.78, 5) is 19.8. The van der Waals surface area contributed by atoms with Crippen LogP contribution in [-0.2, 0) is 4.79 Å². The van der Waals surface area contributed by atoms with Crippen LogP contribution in [0.3, 0.4) is 0 Å². The Kier molecular flexibility index (Phi) is 4.54. The third kappa shape index (κ3) is 3.65. The minimum absolute atomic E-state index is 0.505. The molecule has 0 radical (unpaired) electrons. The van der Waals surface area contributed by atoms with Crippen LogP contribution in [0.5, 0.6) is 11.5 Å². The summed E-state index contributed by atoms with van der Waals surface area (Å²) in [5.74, 6) is 1.37. The molecule has 1 aliphatic rings. The summed E-state index contributed by atoms with van der Waals surface area (Å²) >= 11 is 0. The Balaban J connectivity index is 1.65. The molecule has 3 N–H and O–H groups in total. The summed E-state index contributed by atoms with van der Waals surface area (Å²) in [5, 5.41) is 12.6. The van der Waals surface area contributed by atoms with E-state index in [4.69, 9.17) is 14.7 Å². The monoisotopic (exact) mass is 364 g/mol. The van der Waals surface area contributed by atoms with Gasteiger partial charge in [-0.1, -0.05) is 12.1 Å². The zero-order chi connectivity index (χ0) is 18.6. The fourth-order valence-corrected chi connectivity index (χ4v) is 2.76. The number of carbonyl (C=O) groups excluding carboxylic acids is 1. The number of benzene rings is 2. The zero-order valence-electron chi connectivity index (χ0n) is 14.2. The predicted molar refractivity (Wildman–Crippen MR) is 99.2 cm³/mol. The number of nitrogens with one attached hydrogen (secondary N) is 2. The largest absolute Gasteiger partial charge is 0.486 e. The Morgan fingerprint density at radius 3 is 2.74 bits per heavy atom. The molecule has 27 heavy (non-hydrogen) atoms. The Morgan fingerprint density at radius 2 is 1.93 bits per heavy atom. The molecular formula is C19H16N4O4. The molecule has 3 aromatic rings. The molecule has 1 amide bonds. The summed E-state index contributed by atoms with van der Waals surface area (Å²) < 4.78 is 11.2. The molecule has 4 rings (SSSR count). The SMILES string of the molecule is O=C(/C=C/c1cccc(Nc2ncnc3cc4c(cc23)OCCO4)c1)NO. The van der Waals surface area contributed by atoms with Gasteiger partial charge in [0.1, 0.15) is 25.4 Å². The van der Waals surface area contributed by atoms with Crippen molar-refractivity contribution in [1.29, 1.82) is 0 Å². The molecular weight excluding hydrogens is 348 g/mol. The molecule has 0 aliphatic carbocycles. The van der Waals surface area contributed by atoms with Gasteiger partial charge >= 0.3 is 0 Å². The van der Waals surface area contributed by atoms with Gasteiger partial charge in [-0.15, -0.1) is 0 Å². The van der Waals surface area contributed by atoms with E-state index in [-0.39, 0.29) is 0 Å². The summed E-state index contributed by atoms with van der Waals surface area (Å²) in [5.41, 5.74) is 3.87. The molecule has 0 bridgehead atoms. The molecule has 2 heterocycles. The maximum atomic E-state index is 11.1. The molecule has 1 aromatic heterocycles. The molecule has 8 nitrogen and oxygen atoms in total. The first-order chi connectivity index (χ1) is 13.2. The van der Waals surface area contributed by atoms with Crippen LogP contribution in [0.4, 0.5) is 11.5 Å². The zero-order valence-corrected chi connectivity index (χ0v) is 14.2.